The van der Waals surface area contributed by atoms with Gasteiger partial charge in [-0.2, -0.15) is 0 Å². The van der Waals surface area contributed by atoms with Crippen LogP contribution in [0.25, 0.3) is 0 Å². The van der Waals surface area contributed by atoms with Crippen molar-refractivity contribution in [3.63, 3.8) is 0 Å². The maximum atomic E-state index is 12.1. The SMILES string of the molecule is CCCOC(=O)c1cc(=O)c(COC(=O)CCC)c(OC)[nH]1. The first-order valence-electron chi connectivity index (χ1n) is 7.16. The summed E-state index contributed by atoms with van der Waals surface area (Å²) in [6, 6.07) is 1.11. The molecule has 0 spiro atoms. The molecule has 0 aliphatic carbocycles. The van der Waals surface area contributed by atoms with E-state index in [4.69, 9.17) is 14.2 Å². The van der Waals surface area contributed by atoms with Crippen LogP contribution in [0.5, 0.6) is 5.88 Å². The Hall–Kier alpha value is -2.31. The van der Waals surface area contributed by atoms with E-state index in [1.54, 1.807) is 0 Å². The monoisotopic (exact) mass is 311 g/mol. The highest BCUT2D eigenvalue weighted by Crippen LogP contribution is 2.14. The number of carbonyl (C=O) groups is 2. The van der Waals surface area contributed by atoms with E-state index in [1.165, 1.54) is 7.11 Å². The number of hydrogen-bond acceptors (Lipinski definition) is 6. The van der Waals surface area contributed by atoms with Gasteiger partial charge in [-0.25, -0.2) is 4.79 Å². The van der Waals surface area contributed by atoms with E-state index in [-0.39, 0.29) is 36.8 Å². The highest BCUT2D eigenvalue weighted by molar-refractivity contribution is 5.87. The third-order valence-electron chi connectivity index (χ3n) is 2.79. The van der Waals surface area contributed by atoms with Gasteiger partial charge >= 0.3 is 11.9 Å². The van der Waals surface area contributed by atoms with Crippen LogP contribution < -0.4 is 10.2 Å². The average Bonchev–Trinajstić information content (AvgIpc) is 2.50. The summed E-state index contributed by atoms with van der Waals surface area (Å²) in [4.78, 5) is 37.9. The summed E-state index contributed by atoms with van der Waals surface area (Å²) in [6.45, 7) is 3.77. The second-order valence-electron chi connectivity index (χ2n) is 4.61. The maximum absolute atomic E-state index is 12.1. The van der Waals surface area contributed by atoms with Gasteiger partial charge in [-0.3, -0.25) is 9.59 Å². The van der Waals surface area contributed by atoms with Gasteiger partial charge in [0.05, 0.1) is 19.3 Å². The third kappa shape index (κ3) is 4.91. The number of hydrogen-bond donors (Lipinski definition) is 1. The summed E-state index contributed by atoms with van der Waals surface area (Å²) in [6.07, 6.45) is 1.62. The van der Waals surface area contributed by atoms with Gasteiger partial charge in [-0.15, -0.1) is 0 Å². The van der Waals surface area contributed by atoms with Crippen LogP contribution in [0, 0.1) is 0 Å². The molecule has 0 saturated heterocycles. The second-order valence-corrected chi connectivity index (χ2v) is 4.61. The van der Waals surface area contributed by atoms with Crippen molar-refractivity contribution < 1.29 is 23.8 Å². The van der Waals surface area contributed by atoms with Gasteiger partial charge in [0.15, 0.2) is 5.43 Å². The Morgan fingerprint density at radius 1 is 1.18 bits per heavy atom. The molecule has 0 aliphatic heterocycles. The summed E-state index contributed by atoms with van der Waals surface area (Å²) in [7, 11) is 1.35. The van der Waals surface area contributed by atoms with Crippen LogP contribution in [0.1, 0.15) is 49.2 Å². The predicted octanol–water partition coefficient (Wildman–Crippen LogP) is 1.79. The van der Waals surface area contributed by atoms with Gasteiger partial charge in [-0.1, -0.05) is 13.8 Å². The van der Waals surface area contributed by atoms with Crippen LogP contribution in [0.2, 0.25) is 0 Å². The van der Waals surface area contributed by atoms with E-state index < -0.39 is 17.4 Å². The molecule has 1 N–H and O–H groups in total. The first-order valence-corrected chi connectivity index (χ1v) is 7.16. The molecule has 0 unspecified atom stereocenters. The molecule has 0 bridgehead atoms. The molecule has 0 saturated carbocycles. The molecule has 1 rings (SSSR count). The van der Waals surface area contributed by atoms with Crippen molar-refractivity contribution >= 4 is 11.9 Å². The van der Waals surface area contributed by atoms with Crippen LogP contribution in [-0.4, -0.2) is 30.6 Å². The molecule has 0 aromatic carbocycles. The van der Waals surface area contributed by atoms with Crippen molar-refractivity contribution in [3.8, 4) is 5.88 Å². The minimum Gasteiger partial charge on any atom is -0.482 e. The summed E-state index contributed by atoms with van der Waals surface area (Å²) in [5.74, 6) is -0.942. The summed E-state index contributed by atoms with van der Waals surface area (Å²) < 4.78 is 15.0. The van der Waals surface area contributed by atoms with Gasteiger partial charge < -0.3 is 19.2 Å². The van der Waals surface area contributed by atoms with Crippen LogP contribution in [0.15, 0.2) is 10.9 Å². The molecule has 7 heteroatoms. The van der Waals surface area contributed by atoms with E-state index in [9.17, 15) is 14.4 Å². The van der Waals surface area contributed by atoms with Crippen molar-refractivity contribution in [2.75, 3.05) is 13.7 Å². The molecule has 0 radical (unpaired) electrons. The minimum absolute atomic E-state index is 0.000986. The first-order chi connectivity index (χ1) is 10.5. The fourth-order valence-electron chi connectivity index (χ4n) is 1.69. The molecule has 122 valence electrons. The molecule has 1 heterocycles. The Morgan fingerprint density at radius 2 is 1.91 bits per heavy atom. The van der Waals surface area contributed by atoms with Gasteiger partial charge in [-0.05, 0) is 12.8 Å². The van der Waals surface area contributed by atoms with Gasteiger partial charge in [0, 0.05) is 12.5 Å². The fourth-order valence-corrected chi connectivity index (χ4v) is 1.69. The van der Waals surface area contributed by atoms with Crippen LogP contribution in [0.4, 0.5) is 0 Å². The van der Waals surface area contributed by atoms with E-state index in [1.807, 2.05) is 13.8 Å². The van der Waals surface area contributed by atoms with Crippen LogP contribution >= 0.6 is 0 Å². The lowest BCUT2D eigenvalue weighted by atomic mass is 10.2. The number of ether oxygens (including phenoxy) is 3. The Bertz CT molecular complexity index is 578. The number of nitrogens with one attached hydrogen (secondary N) is 1. The molecular weight excluding hydrogens is 290 g/mol. The topological polar surface area (TPSA) is 94.7 Å². The largest absolute Gasteiger partial charge is 0.482 e. The third-order valence-corrected chi connectivity index (χ3v) is 2.79. The molecule has 0 amide bonds. The highest BCUT2D eigenvalue weighted by Gasteiger charge is 2.17. The number of pyridine rings is 1. The van der Waals surface area contributed by atoms with E-state index in [0.717, 1.165) is 6.07 Å². The van der Waals surface area contributed by atoms with Gasteiger partial charge in [0.25, 0.3) is 0 Å². The van der Waals surface area contributed by atoms with Gasteiger partial charge in [0.1, 0.15) is 12.3 Å². The normalized spacial score (nSPS) is 10.1. The number of rotatable bonds is 8. The van der Waals surface area contributed by atoms with Crippen LogP contribution in [-0.2, 0) is 20.9 Å². The molecule has 1 aromatic heterocycles. The number of methoxy groups -OCH3 is 1. The minimum atomic E-state index is -0.633. The lowest BCUT2D eigenvalue weighted by Gasteiger charge is -2.10. The molecule has 0 aliphatic rings. The Labute approximate surface area is 128 Å². The zero-order valence-corrected chi connectivity index (χ0v) is 13.1. The number of carbonyl (C=O) groups excluding carboxylic acids is 2. The summed E-state index contributed by atoms with van der Waals surface area (Å²) in [5.41, 5.74) is -0.304. The molecule has 22 heavy (non-hydrogen) atoms. The quantitative estimate of drug-likeness (QED) is 0.736. The van der Waals surface area contributed by atoms with Crippen molar-refractivity contribution in [2.24, 2.45) is 0 Å². The van der Waals surface area contributed by atoms with Crippen molar-refractivity contribution in [2.45, 2.75) is 39.7 Å². The molecule has 1 aromatic rings. The second kappa shape index (κ2) is 8.86. The van der Waals surface area contributed by atoms with E-state index in [2.05, 4.69) is 4.98 Å². The predicted molar refractivity (Wildman–Crippen MR) is 78.9 cm³/mol. The zero-order valence-electron chi connectivity index (χ0n) is 13.1. The number of H-pyrrole nitrogens is 1. The maximum Gasteiger partial charge on any atom is 0.354 e. The number of aromatic amines is 1. The zero-order chi connectivity index (χ0) is 16.5. The lowest BCUT2D eigenvalue weighted by Crippen LogP contribution is -2.19. The number of aromatic nitrogens is 1. The van der Waals surface area contributed by atoms with Crippen molar-refractivity contribution in [3.05, 3.63) is 27.5 Å². The summed E-state index contributed by atoms with van der Waals surface area (Å²) >= 11 is 0. The lowest BCUT2D eigenvalue weighted by molar-refractivity contribution is -0.145. The fraction of sp³-hybridized carbons (Fsp3) is 0.533. The number of esters is 2. The van der Waals surface area contributed by atoms with Crippen molar-refractivity contribution in [1.82, 2.24) is 4.98 Å². The van der Waals surface area contributed by atoms with Gasteiger partial charge in [0.2, 0.25) is 5.88 Å². The van der Waals surface area contributed by atoms with Crippen LogP contribution in [0.3, 0.4) is 0 Å². The average molecular weight is 311 g/mol. The summed E-state index contributed by atoms with van der Waals surface area (Å²) in [5, 5.41) is 0. The molecular formula is C15H21NO6. The molecule has 0 fully saturated rings. The van der Waals surface area contributed by atoms with E-state index >= 15 is 0 Å². The Kier molecular flexibility index (Phi) is 7.15. The highest BCUT2D eigenvalue weighted by atomic mass is 16.5. The smallest absolute Gasteiger partial charge is 0.354 e. The molecule has 7 nitrogen and oxygen atoms in total. The first kappa shape index (κ1) is 17.7. The Morgan fingerprint density at radius 3 is 2.50 bits per heavy atom. The van der Waals surface area contributed by atoms with Crippen molar-refractivity contribution in [1.29, 1.82) is 0 Å². The standard InChI is InChI=1S/C15H21NO6/c1-4-6-13(18)22-9-10-12(17)8-11(16-14(10)20-3)15(19)21-7-5-2/h8H,4-7,9H2,1-3H3,(H,16,17). The Balaban J connectivity index is 2.93. The van der Waals surface area contributed by atoms with E-state index in [0.29, 0.717) is 12.8 Å². The molecule has 0 atom stereocenters.